The summed E-state index contributed by atoms with van der Waals surface area (Å²) in [5.74, 6) is -1.60. The molecule has 0 atom stereocenters. The second-order valence-electron chi connectivity index (χ2n) is 4.73. The van der Waals surface area contributed by atoms with Gasteiger partial charge in [-0.15, -0.1) is 0 Å². The standard InChI is InChI=1S/C15H17N3O5/c1-4-22-15(21)12-8(2)11(9(3)16-12)14(20)18-17-13(19)10-6-5-7-23-10/h5-7,16H,4H2,1-3H3,(H,17,19)(H,18,20). The van der Waals surface area contributed by atoms with Gasteiger partial charge in [-0.3, -0.25) is 20.4 Å². The van der Waals surface area contributed by atoms with E-state index in [1.54, 1.807) is 26.8 Å². The average molecular weight is 319 g/mol. The number of aromatic amines is 1. The molecule has 2 aromatic rings. The van der Waals surface area contributed by atoms with Crippen molar-refractivity contribution in [3.05, 3.63) is 46.7 Å². The number of carbonyl (C=O) groups excluding carboxylic acids is 3. The number of nitrogens with one attached hydrogen (secondary N) is 3. The Kier molecular flexibility index (Phi) is 4.85. The maximum Gasteiger partial charge on any atom is 0.355 e. The van der Waals surface area contributed by atoms with E-state index in [0.717, 1.165) is 0 Å². The molecule has 3 N–H and O–H groups in total. The summed E-state index contributed by atoms with van der Waals surface area (Å²) >= 11 is 0. The molecule has 0 aromatic carbocycles. The Labute approximate surface area is 132 Å². The van der Waals surface area contributed by atoms with Crippen LogP contribution in [0.4, 0.5) is 0 Å². The van der Waals surface area contributed by atoms with Gasteiger partial charge in [0.25, 0.3) is 5.91 Å². The third kappa shape index (κ3) is 3.42. The Bertz CT molecular complexity index is 731. The van der Waals surface area contributed by atoms with E-state index in [4.69, 9.17) is 9.15 Å². The number of esters is 1. The predicted octanol–water partition coefficient (Wildman–Crippen LogP) is 1.48. The van der Waals surface area contributed by atoms with Crippen molar-refractivity contribution in [3.8, 4) is 0 Å². The van der Waals surface area contributed by atoms with Crippen molar-refractivity contribution in [1.29, 1.82) is 0 Å². The maximum absolute atomic E-state index is 12.2. The quantitative estimate of drug-likeness (QED) is 0.583. The Morgan fingerprint density at radius 1 is 1.22 bits per heavy atom. The Balaban J connectivity index is 2.10. The van der Waals surface area contributed by atoms with Crippen LogP contribution in [-0.2, 0) is 4.74 Å². The van der Waals surface area contributed by atoms with Crippen molar-refractivity contribution < 1.29 is 23.5 Å². The van der Waals surface area contributed by atoms with Gasteiger partial charge in [-0.25, -0.2) is 4.79 Å². The number of hydrazine groups is 1. The largest absolute Gasteiger partial charge is 0.461 e. The summed E-state index contributed by atoms with van der Waals surface area (Å²) in [6.45, 7) is 5.20. The average Bonchev–Trinajstić information content (AvgIpc) is 3.13. The first kappa shape index (κ1) is 16.3. The lowest BCUT2D eigenvalue weighted by Gasteiger charge is -2.06. The van der Waals surface area contributed by atoms with E-state index >= 15 is 0 Å². The molecule has 0 saturated heterocycles. The summed E-state index contributed by atoms with van der Waals surface area (Å²) in [5, 5.41) is 0. The first-order chi connectivity index (χ1) is 11.0. The summed E-state index contributed by atoms with van der Waals surface area (Å²) < 4.78 is 9.83. The molecule has 0 spiro atoms. The van der Waals surface area contributed by atoms with Crippen LogP contribution in [0.5, 0.6) is 0 Å². The van der Waals surface area contributed by atoms with Crippen molar-refractivity contribution in [2.75, 3.05) is 6.61 Å². The van der Waals surface area contributed by atoms with Crippen LogP contribution in [0, 0.1) is 13.8 Å². The van der Waals surface area contributed by atoms with Gasteiger partial charge in [-0.1, -0.05) is 0 Å². The molecular weight excluding hydrogens is 302 g/mol. The zero-order chi connectivity index (χ0) is 17.0. The smallest absolute Gasteiger partial charge is 0.355 e. The van der Waals surface area contributed by atoms with Crippen molar-refractivity contribution in [2.45, 2.75) is 20.8 Å². The fourth-order valence-electron chi connectivity index (χ4n) is 2.14. The van der Waals surface area contributed by atoms with Crippen LogP contribution in [0.2, 0.25) is 0 Å². The number of hydrogen-bond acceptors (Lipinski definition) is 5. The van der Waals surface area contributed by atoms with E-state index in [-0.39, 0.29) is 23.6 Å². The van der Waals surface area contributed by atoms with Gasteiger partial charge >= 0.3 is 11.9 Å². The second kappa shape index (κ2) is 6.82. The highest BCUT2D eigenvalue weighted by Crippen LogP contribution is 2.18. The summed E-state index contributed by atoms with van der Waals surface area (Å²) in [7, 11) is 0. The highest BCUT2D eigenvalue weighted by Gasteiger charge is 2.23. The van der Waals surface area contributed by atoms with Gasteiger partial charge in [0.15, 0.2) is 5.76 Å². The van der Waals surface area contributed by atoms with Crippen LogP contribution in [-0.4, -0.2) is 29.4 Å². The topological polar surface area (TPSA) is 113 Å². The van der Waals surface area contributed by atoms with Crippen molar-refractivity contribution in [3.63, 3.8) is 0 Å². The Morgan fingerprint density at radius 2 is 1.91 bits per heavy atom. The van der Waals surface area contributed by atoms with Crippen LogP contribution in [0.3, 0.4) is 0 Å². The molecule has 2 rings (SSSR count). The molecular formula is C15H17N3O5. The number of furan rings is 1. The number of H-pyrrole nitrogens is 1. The van der Waals surface area contributed by atoms with Crippen LogP contribution in [0.1, 0.15) is 49.6 Å². The fraction of sp³-hybridized carbons (Fsp3) is 0.267. The van der Waals surface area contributed by atoms with E-state index in [2.05, 4.69) is 15.8 Å². The molecule has 0 aliphatic heterocycles. The van der Waals surface area contributed by atoms with Gasteiger partial charge in [0.05, 0.1) is 18.4 Å². The lowest BCUT2D eigenvalue weighted by molar-refractivity contribution is 0.0519. The minimum absolute atomic E-state index is 0.0695. The number of hydrogen-bond donors (Lipinski definition) is 3. The van der Waals surface area contributed by atoms with E-state index in [1.807, 2.05) is 0 Å². The zero-order valence-electron chi connectivity index (χ0n) is 13.0. The summed E-state index contributed by atoms with van der Waals surface area (Å²) in [6.07, 6.45) is 1.35. The van der Waals surface area contributed by atoms with Crippen LogP contribution in [0.25, 0.3) is 0 Å². The van der Waals surface area contributed by atoms with Gasteiger partial charge < -0.3 is 14.1 Å². The van der Waals surface area contributed by atoms with Gasteiger partial charge in [0, 0.05) is 5.69 Å². The number of aromatic nitrogens is 1. The lowest BCUT2D eigenvalue weighted by atomic mass is 10.1. The third-order valence-corrected chi connectivity index (χ3v) is 3.18. The number of aryl methyl sites for hydroxylation is 1. The minimum Gasteiger partial charge on any atom is -0.461 e. The summed E-state index contributed by atoms with van der Waals surface area (Å²) in [6, 6.07) is 3.02. The lowest BCUT2D eigenvalue weighted by Crippen LogP contribution is -2.41. The molecule has 0 radical (unpaired) electrons. The van der Waals surface area contributed by atoms with Gasteiger partial charge in [0.1, 0.15) is 5.69 Å². The normalized spacial score (nSPS) is 10.2. The minimum atomic E-state index is -0.584. The highest BCUT2D eigenvalue weighted by atomic mass is 16.5. The zero-order valence-corrected chi connectivity index (χ0v) is 13.0. The molecule has 0 aliphatic rings. The monoisotopic (exact) mass is 319 g/mol. The Hall–Kier alpha value is -3.03. The molecule has 23 heavy (non-hydrogen) atoms. The molecule has 2 heterocycles. The predicted molar refractivity (Wildman–Crippen MR) is 79.9 cm³/mol. The Morgan fingerprint density at radius 3 is 2.52 bits per heavy atom. The molecule has 0 bridgehead atoms. The van der Waals surface area contributed by atoms with Crippen LogP contribution < -0.4 is 10.9 Å². The van der Waals surface area contributed by atoms with Crippen molar-refractivity contribution >= 4 is 17.8 Å². The fourth-order valence-corrected chi connectivity index (χ4v) is 2.14. The van der Waals surface area contributed by atoms with Crippen molar-refractivity contribution in [2.24, 2.45) is 0 Å². The van der Waals surface area contributed by atoms with E-state index < -0.39 is 17.8 Å². The summed E-state index contributed by atoms with van der Waals surface area (Å²) in [5.41, 5.74) is 5.95. The van der Waals surface area contributed by atoms with Crippen LogP contribution in [0.15, 0.2) is 22.8 Å². The number of carbonyl (C=O) groups is 3. The van der Waals surface area contributed by atoms with Gasteiger partial charge in [-0.2, -0.15) is 0 Å². The second-order valence-corrected chi connectivity index (χ2v) is 4.73. The molecule has 0 fully saturated rings. The number of amides is 2. The molecule has 2 amide bonds. The molecule has 0 unspecified atom stereocenters. The van der Waals surface area contributed by atoms with E-state index in [0.29, 0.717) is 11.3 Å². The van der Waals surface area contributed by atoms with E-state index in [9.17, 15) is 14.4 Å². The molecule has 8 nitrogen and oxygen atoms in total. The first-order valence-corrected chi connectivity index (χ1v) is 6.96. The molecule has 122 valence electrons. The molecule has 0 aliphatic carbocycles. The molecule has 0 saturated carbocycles. The number of rotatable bonds is 4. The van der Waals surface area contributed by atoms with E-state index in [1.165, 1.54) is 12.3 Å². The highest BCUT2D eigenvalue weighted by molar-refractivity contribution is 6.02. The van der Waals surface area contributed by atoms with Gasteiger partial charge in [0.2, 0.25) is 0 Å². The summed E-state index contributed by atoms with van der Waals surface area (Å²) in [4.78, 5) is 38.6. The van der Waals surface area contributed by atoms with Crippen molar-refractivity contribution in [1.82, 2.24) is 15.8 Å². The molecule has 8 heteroatoms. The third-order valence-electron chi connectivity index (χ3n) is 3.18. The van der Waals surface area contributed by atoms with Crippen LogP contribution >= 0.6 is 0 Å². The van der Waals surface area contributed by atoms with Gasteiger partial charge in [-0.05, 0) is 38.5 Å². The SMILES string of the molecule is CCOC(=O)c1[nH]c(C)c(C(=O)NNC(=O)c2ccco2)c1C. The molecule has 2 aromatic heterocycles. The maximum atomic E-state index is 12.2. The number of ether oxygens (including phenoxy) is 1. The first-order valence-electron chi connectivity index (χ1n) is 6.96.